The third-order valence-corrected chi connectivity index (χ3v) is 6.37. The van der Waals surface area contributed by atoms with Crippen LogP contribution in [0.5, 0.6) is 5.75 Å². The Bertz CT molecular complexity index is 1060. The Hall–Kier alpha value is -1.05. The molecule has 4 nitrogen and oxygen atoms in total. The number of hydrogen-bond donors (Lipinski definition) is 0. The molecule has 0 amide bonds. The highest BCUT2D eigenvalue weighted by Crippen LogP contribution is 2.35. The predicted octanol–water partition coefficient (Wildman–Crippen LogP) is 5.73. The van der Waals surface area contributed by atoms with E-state index in [-0.39, 0.29) is 25.2 Å². The summed E-state index contributed by atoms with van der Waals surface area (Å²) in [6.07, 6.45) is 1.52. The summed E-state index contributed by atoms with van der Waals surface area (Å²) in [5, 5.41) is 1.35. The third-order valence-electron chi connectivity index (χ3n) is 3.12. The molecular formula is C15H7BrCl3NO3S. The van der Waals surface area contributed by atoms with Crippen LogP contribution in [0.3, 0.4) is 0 Å². The van der Waals surface area contributed by atoms with Crippen LogP contribution in [0.25, 0.3) is 10.9 Å². The Morgan fingerprint density at radius 3 is 2.46 bits per heavy atom. The Morgan fingerprint density at radius 2 is 1.71 bits per heavy atom. The molecule has 2 aromatic carbocycles. The molecule has 0 radical (unpaired) electrons. The van der Waals surface area contributed by atoms with Gasteiger partial charge in [-0.15, -0.1) is 0 Å². The maximum atomic E-state index is 12.6. The molecule has 0 atom stereocenters. The van der Waals surface area contributed by atoms with E-state index in [4.69, 9.17) is 39.0 Å². The smallest absolute Gasteiger partial charge is 0.340 e. The first-order valence-corrected chi connectivity index (χ1v) is 9.75. The molecule has 0 fully saturated rings. The summed E-state index contributed by atoms with van der Waals surface area (Å²) < 4.78 is 30.7. The van der Waals surface area contributed by atoms with Gasteiger partial charge >= 0.3 is 10.1 Å². The average molecular weight is 468 g/mol. The zero-order valence-electron chi connectivity index (χ0n) is 11.6. The summed E-state index contributed by atoms with van der Waals surface area (Å²) in [6.45, 7) is 0. The molecule has 0 bridgehead atoms. The van der Waals surface area contributed by atoms with Gasteiger partial charge in [-0.2, -0.15) is 8.42 Å². The molecule has 0 aliphatic heterocycles. The SMILES string of the molecule is O=S(=O)(Oc1ccc(Cl)c2cccnc12)c1cc(Cl)c(Cl)cc1Br. The monoisotopic (exact) mass is 465 g/mol. The standard InChI is InChI=1S/C15H7BrCl3NO3S/c16-9-6-11(18)12(19)7-14(9)24(21,22)23-13-4-3-10(17)8-2-1-5-20-15(8)13/h1-7H. The Morgan fingerprint density at radius 1 is 1.00 bits per heavy atom. The first kappa shape index (κ1) is 17.8. The highest BCUT2D eigenvalue weighted by molar-refractivity contribution is 9.10. The molecule has 3 rings (SSSR count). The van der Waals surface area contributed by atoms with Gasteiger partial charge in [-0.1, -0.05) is 34.8 Å². The van der Waals surface area contributed by atoms with Gasteiger partial charge in [-0.3, -0.25) is 4.98 Å². The van der Waals surface area contributed by atoms with Crippen molar-refractivity contribution in [3.63, 3.8) is 0 Å². The van der Waals surface area contributed by atoms with Gasteiger partial charge in [0.1, 0.15) is 10.4 Å². The van der Waals surface area contributed by atoms with Crippen LogP contribution in [0.1, 0.15) is 0 Å². The molecule has 0 saturated carbocycles. The minimum atomic E-state index is -4.16. The molecule has 124 valence electrons. The van der Waals surface area contributed by atoms with Gasteiger partial charge in [0, 0.05) is 16.1 Å². The highest BCUT2D eigenvalue weighted by atomic mass is 79.9. The number of nitrogens with zero attached hydrogens (tertiary/aromatic N) is 1. The number of fused-ring (bicyclic) bond motifs is 1. The van der Waals surface area contributed by atoms with Gasteiger partial charge in [0.05, 0.1) is 15.1 Å². The molecule has 0 N–H and O–H groups in total. The second-order valence-corrected chi connectivity index (χ2v) is 8.27. The van der Waals surface area contributed by atoms with Crippen molar-refractivity contribution in [1.29, 1.82) is 0 Å². The third kappa shape index (κ3) is 3.34. The van der Waals surface area contributed by atoms with E-state index >= 15 is 0 Å². The fourth-order valence-electron chi connectivity index (χ4n) is 2.04. The first-order valence-electron chi connectivity index (χ1n) is 6.42. The second-order valence-electron chi connectivity index (χ2n) is 4.68. The van der Waals surface area contributed by atoms with Crippen LogP contribution in [0, 0.1) is 0 Å². The van der Waals surface area contributed by atoms with Crippen molar-refractivity contribution < 1.29 is 12.6 Å². The first-order chi connectivity index (χ1) is 11.3. The van der Waals surface area contributed by atoms with Crippen molar-refractivity contribution >= 4 is 71.8 Å². The molecule has 0 aliphatic rings. The van der Waals surface area contributed by atoms with Crippen molar-refractivity contribution in [3.05, 3.63) is 62.1 Å². The zero-order valence-corrected chi connectivity index (χ0v) is 16.3. The molecular weight excluding hydrogens is 460 g/mol. The summed E-state index contributed by atoms with van der Waals surface area (Å²) >= 11 is 21.0. The number of hydrogen-bond acceptors (Lipinski definition) is 4. The normalized spacial score (nSPS) is 11.7. The van der Waals surface area contributed by atoms with Crippen molar-refractivity contribution in [3.8, 4) is 5.75 Å². The van der Waals surface area contributed by atoms with E-state index < -0.39 is 10.1 Å². The lowest BCUT2D eigenvalue weighted by atomic mass is 10.2. The van der Waals surface area contributed by atoms with Crippen LogP contribution < -0.4 is 4.18 Å². The van der Waals surface area contributed by atoms with E-state index in [1.54, 1.807) is 18.2 Å². The van der Waals surface area contributed by atoms with Crippen LogP contribution >= 0.6 is 50.7 Å². The molecule has 1 heterocycles. The fraction of sp³-hybridized carbons (Fsp3) is 0. The van der Waals surface area contributed by atoms with Gasteiger partial charge in [-0.05, 0) is 52.3 Å². The summed E-state index contributed by atoms with van der Waals surface area (Å²) in [6, 6.07) is 9.01. The summed E-state index contributed by atoms with van der Waals surface area (Å²) in [4.78, 5) is 4.00. The van der Waals surface area contributed by atoms with Crippen LogP contribution in [0.2, 0.25) is 15.1 Å². The van der Waals surface area contributed by atoms with E-state index in [2.05, 4.69) is 20.9 Å². The van der Waals surface area contributed by atoms with Crippen LogP contribution in [-0.4, -0.2) is 13.4 Å². The quantitative estimate of drug-likeness (QED) is 0.365. The number of benzene rings is 2. The molecule has 0 saturated heterocycles. The molecule has 0 spiro atoms. The Balaban J connectivity index is 2.12. The second kappa shape index (κ2) is 6.69. The van der Waals surface area contributed by atoms with Crippen LogP contribution in [-0.2, 0) is 10.1 Å². The molecule has 9 heteroatoms. The van der Waals surface area contributed by atoms with Gasteiger partial charge in [-0.25, -0.2) is 0 Å². The highest BCUT2D eigenvalue weighted by Gasteiger charge is 2.23. The Labute approximate surface area is 161 Å². The van der Waals surface area contributed by atoms with E-state index in [9.17, 15) is 8.42 Å². The average Bonchev–Trinajstić information content (AvgIpc) is 2.53. The van der Waals surface area contributed by atoms with Crippen molar-refractivity contribution in [2.45, 2.75) is 4.90 Å². The summed E-state index contributed by atoms with van der Waals surface area (Å²) in [5.41, 5.74) is 0.338. The van der Waals surface area contributed by atoms with Gasteiger partial charge in [0.15, 0.2) is 5.75 Å². The minimum absolute atomic E-state index is 0.0629. The molecule has 0 aliphatic carbocycles. The van der Waals surface area contributed by atoms with Gasteiger partial charge < -0.3 is 4.18 Å². The van der Waals surface area contributed by atoms with E-state index in [1.165, 1.54) is 24.4 Å². The zero-order chi connectivity index (χ0) is 17.5. The Kier molecular flexibility index (Phi) is 4.95. The lowest BCUT2D eigenvalue weighted by Crippen LogP contribution is -2.11. The maximum Gasteiger partial charge on any atom is 0.340 e. The van der Waals surface area contributed by atoms with Gasteiger partial charge in [0.2, 0.25) is 0 Å². The number of halogens is 4. The largest absolute Gasteiger partial charge is 0.377 e. The fourth-order valence-corrected chi connectivity index (χ4v) is 4.74. The number of pyridine rings is 1. The lowest BCUT2D eigenvalue weighted by Gasteiger charge is -2.11. The molecule has 1 aromatic heterocycles. The molecule has 0 unspecified atom stereocenters. The van der Waals surface area contributed by atoms with Crippen LogP contribution in [0.4, 0.5) is 0 Å². The summed E-state index contributed by atoms with van der Waals surface area (Å²) in [7, 11) is -4.16. The van der Waals surface area contributed by atoms with Gasteiger partial charge in [0.25, 0.3) is 0 Å². The van der Waals surface area contributed by atoms with E-state index in [1.807, 2.05) is 0 Å². The van der Waals surface area contributed by atoms with Crippen molar-refractivity contribution in [2.24, 2.45) is 0 Å². The molecule has 3 aromatic rings. The molecule has 24 heavy (non-hydrogen) atoms. The minimum Gasteiger partial charge on any atom is -0.377 e. The van der Waals surface area contributed by atoms with Crippen molar-refractivity contribution in [1.82, 2.24) is 4.98 Å². The topological polar surface area (TPSA) is 56.3 Å². The maximum absolute atomic E-state index is 12.6. The van der Waals surface area contributed by atoms with Crippen LogP contribution in [0.15, 0.2) is 52.0 Å². The number of rotatable bonds is 3. The van der Waals surface area contributed by atoms with E-state index in [0.717, 1.165) is 0 Å². The lowest BCUT2D eigenvalue weighted by molar-refractivity contribution is 0.487. The van der Waals surface area contributed by atoms with E-state index in [0.29, 0.717) is 15.9 Å². The predicted molar refractivity (Wildman–Crippen MR) is 98.7 cm³/mol. The summed E-state index contributed by atoms with van der Waals surface area (Å²) in [5.74, 6) is 0.0629. The van der Waals surface area contributed by atoms with Crippen molar-refractivity contribution in [2.75, 3.05) is 0 Å². The number of aromatic nitrogens is 1.